The van der Waals surface area contributed by atoms with Crippen molar-refractivity contribution in [3.8, 4) is 17.1 Å². The van der Waals surface area contributed by atoms with Gasteiger partial charge in [0.05, 0.1) is 17.8 Å². The minimum Gasteiger partial charge on any atom is -0.361 e. The summed E-state index contributed by atoms with van der Waals surface area (Å²) in [6.07, 6.45) is 1.97. The number of hydrogen-bond acceptors (Lipinski definition) is 8. The molecule has 9 heteroatoms. The molecule has 114 valence electrons. The molecule has 0 saturated carbocycles. The van der Waals surface area contributed by atoms with Gasteiger partial charge >= 0.3 is 0 Å². The van der Waals surface area contributed by atoms with Crippen LogP contribution in [0.15, 0.2) is 45.7 Å². The Bertz CT molecular complexity index is 926. The molecule has 0 fully saturated rings. The molecule has 4 rings (SSSR count). The summed E-state index contributed by atoms with van der Waals surface area (Å²) in [7, 11) is 0. The first-order valence-corrected chi connectivity index (χ1v) is 6.86. The van der Waals surface area contributed by atoms with Crippen molar-refractivity contribution in [2.75, 3.05) is 0 Å². The molecule has 0 unspecified atom stereocenters. The summed E-state index contributed by atoms with van der Waals surface area (Å²) in [6, 6.07) is 9.35. The van der Waals surface area contributed by atoms with E-state index in [4.69, 9.17) is 9.05 Å². The normalized spacial score (nSPS) is 11.0. The quantitative estimate of drug-likeness (QED) is 0.559. The van der Waals surface area contributed by atoms with Gasteiger partial charge in [-0.05, 0) is 35.5 Å². The van der Waals surface area contributed by atoms with E-state index in [9.17, 15) is 0 Å². The molecule has 9 nitrogen and oxygen atoms in total. The first kappa shape index (κ1) is 13.3. The lowest BCUT2D eigenvalue weighted by molar-refractivity contribution is 0.390. The molecule has 0 aliphatic rings. The Hall–Kier alpha value is -3.36. The predicted molar refractivity (Wildman–Crippen MR) is 76.5 cm³/mol. The first-order chi connectivity index (χ1) is 11.3. The van der Waals surface area contributed by atoms with Gasteiger partial charge in [0.25, 0.3) is 5.89 Å². The lowest BCUT2D eigenvalue weighted by atomic mass is 10.2. The molecule has 0 radical (unpaired) electrons. The second-order valence-corrected chi connectivity index (χ2v) is 4.93. The Labute approximate surface area is 129 Å². The highest BCUT2D eigenvalue weighted by Crippen LogP contribution is 2.20. The molecule has 0 amide bonds. The van der Waals surface area contributed by atoms with Gasteiger partial charge in [-0.2, -0.15) is 4.98 Å². The Morgan fingerprint density at radius 3 is 2.87 bits per heavy atom. The van der Waals surface area contributed by atoms with E-state index in [-0.39, 0.29) is 0 Å². The number of tetrazole rings is 1. The molecule has 1 aromatic carbocycles. The maximum absolute atomic E-state index is 5.32. The van der Waals surface area contributed by atoms with Crippen molar-refractivity contribution >= 4 is 0 Å². The molecule has 4 aromatic rings. The van der Waals surface area contributed by atoms with Gasteiger partial charge in [-0.1, -0.05) is 16.4 Å². The lowest BCUT2D eigenvalue weighted by Gasteiger charge is -2.00. The molecule has 0 N–H and O–H groups in total. The average Bonchev–Trinajstić information content (AvgIpc) is 3.30. The Morgan fingerprint density at radius 1 is 1.13 bits per heavy atom. The summed E-state index contributed by atoms with van der Waals surface area (Å²) in [6.45, 7) is 1.84. The fourth-order valence-electron chi connectivity index (χ4n) is 2.17. The summed E-state index contributed by atoms with van der Waals surface area (Å²) < 4.78 is 11.9. The number of aromatic nitrogens is 7. The molecular weight excluding hydrogens is 298 g/mol. The molecule has 23 heavy (non-hydrogen) atoms. The Balaban J connectivity index is 1.60. The highest BCUT2D eigenvalue weighted by molar-refractivity contribution is 5.57. The van der Waals surface area contributed by atoms with Crippen molar-refractivity contribution in [3.05, 3.63) is 53.9 Å². The lowest BCUT2D eigenvalue weighted by Crippen LogP contribution is -1.95. The SMILES string of the molecule is Cc1cc(Cc2noc(-c3cccc(-n4cnnn4)c3)n2)no1. The second-order valence-electron chi connectivity index (χ2n) is 4.93. The van der Waals surface area contributed by atoms with Gasteiger partial charge in [0, 0.05) is 11.6 Å². The zero-order chi connectivity index (χ0) is 15.6. The zero-order valence-corrected chi connectivity index (χ0v) is 12.1. The van der Waals surface area contributed by atoms with Crippen LogP contribution in [-0.2, 0) is 6.42 Å². The number of hydrogen-bond donors (Lipinski definition) is 0. The third kappa shape index (κ3) is 2.71. The summed E-state index contributed by atoms with van der Waals surface area (Å²) in [5.41, 5.74) is 2.35. The molecule has 3 heterocycles. The summed E-state index contributed by atoms with van der Waals surface area (Å²) in [5.74, 6) is 1.72. The van der Waals surface area contributed by atoms with Crippen LogP contribution in [0, 0.1) is 6.92 Å². The number of nitrogens with zero attached hydrogens (tertiary/aromatic N) is 7. The van der Waals surface area contributed by atoms with Crippen LogP contribution >= 0.6 is 0 Å². The Kier molecular flexibility index (Phi) is 3.15. The van der Waals surface area contributed by atoms with Crippen molar-refractivity contribution in [2.24, 2.45) is 0 Å². The summed E-state index contributed by atoms with van der Waals surface area (Å²) in [5, 5.41) is 19.0. The van der Waals surface area contributed by atoms with Crippen LogP contribution in [0.5, 0.6) is 0 Å². The predicted octanol–water partition coefficient (Wildman–Crippen LogP) is 1.60. The third-order valence-corrected chi connectivity index (χ3v) is 3.19. The molecule has 3 aromatic heterocycles. The van der Waals surface area contributed by atoms with E-state index in [1.165, 1.54) is 6.33 Å². The molecule has 0 saturated heterocycles. The number of rotatable bonds is 4. The minimum atomic E-state index is 0.426. The van der Waals surface area contributed by atoms with Crippen LogP contribution in [0.3, 0.4) is 0 Å². The van der Waals surface area contributed by atoms with Gasteiger partial charge in [0.2, 0.25) is 0 Å². The van der Waals surface area contributed by atoms with Crippen LogP contribution in [0.1, 0.15) is 17.3 Å². The van der Waals surface area contributed by atoms with Crippen LogP contribution in [0.25, 0.3) is 17.1 Å². The average molecular weight is 309 g/mol. The van der Waals surface area contributed by atoms with E-state index in [0.29, 0.717) is 18.1 Å². The van der Waals surface area contributed by atoms with E-state index in [2.05, 4.69) is 30.8 Å². The monoisotopic (exact) mass is 309 g/mol. The summed E-state index contributed by atoms with van der Waals surface area (Å²) >= 11 is 0. The van der Waals surface area contributed by atoms with Gasteiger partial charge in [-0.25, -0.2) is 4.68 Å². The molecule has 0 bridgehead atoms. The maximum atomic E-state index is 5.32. The van der Waals surface area contributed by atoms with Gasteiger partial charge in [-0.3, -0.25) is 0 Å². The first-order valence-electron chi connectivity index (χ1n) is 6.86. The fraction of sp³-hybridized carbons (Fsp3) is 0.143. The van der Waals surface area contributed by atoms with Gasteiger partial charge < -0.3 is 9.05 Å². The van der Waals surface area contributed by atoms with Gasteiger partial charge in [-0.15, -0.1) is 5.10 Å². The fourth-order valence-corrected chi connectivity index (χ4v) is 2.17. The van der Waals surface area contributed by atoms with E-state index in [1.54, 1.807) is 4.68 Å². The van der Waals surface area contributed by atoms with Crippen molar-refractivity contribution in [1.29, 1.82) is 0 Å². The van der Waals surface area contributed by atoms with Crippen molar-refractivity contribution in [2.45, 2.75) is 13.3 Å². The van der Waals surface area contributed by atoms with E-state index < -0.39 is 0 Å². The highest BCUT2D eigenvalue weighted by atomic mass is 16.5. The van der Waals surface area contributed by atoms with E-state index in [1.807, 2.05) is 37.3 Å². The van der Waals surface area contributed by atoms with E-state index in [0.717, 1.165) is 22.7 Å². The highest BCUT2D eigenvalue weighted by Gasteiger charge is 2.12. The van der Waals surface area contributed by atoms with Gasteiger partial charge in [0.15, 0.2) is 5.82 Å². The minimum absolute atomic E-state index is 0.426. The molecule has 0 spiro atoms. The van der Waals surface area contributed by atoms with Crippen LogP contribution in [0.4, 0.5) is 0 Å². The van der Waals surface area contributed by atoms with Crippen molar-refractivity contribution in [1.82, 2.24) is 35.5 Å². The van der Waals surface area contributed by atoms with E-state index >= 15 is 0 Å². The maximum Gasteiger partial charge on any atom is 0.258 e. The number of benzene rings is 1. The molecule has 0 atom stereocenters. The van der Waals surface area contributed by atoms with Crippen LogP contribution < -0.4 is 0 Å². The molecular formula is C14H11N7O2. The van der Waals surface area contributed by atoms with Crippen molar-refractivity contribution in [3.63, 3.8) is 0 Å². The molecule has 0 aliphatic carbocycles. The summed E-state index contributed by atoms with van der Waals surface area (Å²) in [4.78, 5) is 4.39. The second kappa shape index (κ2) is 5.44. The molecule has 0 aliphatic heterocycles. The largest absolute Gasteiger partial charge is 0.361 e. The van der Waals surface area contributed by atoms with Crippen molar-refractivity contribution < 1.29 is 9.05 Å². The van der Waals surface area contributed by atoms with Gasteiger partial charge in [0.1, 0.15) is 12.1 Å². The number of aryl methyl sites for hydroxylation is 1. The zero-order valence-electron chi connectivity index (χ0n) is 12.1. The van der Waals surface area contributed by atoms with Crippen LogP contribution in [0.2, 0.25) is 0 Å². The third-order valence-electron chi connectivity index (χ3n) is 3.19. The Morgan fingerprint density at radius 2 is 2.09 bits per heavy atom. The topological polar surface area (TPSA) is 109 Å². The van der Waals surface area contributed by atoms with Crippen LogP contribution in [-0.4, -0.2) is 35.5 Å². The standard InChI is InChI=1S/C14H11N7O2/c1-9-5-11(17-22-9)7-13-16-14(23-18-13)10-3-2-4-12(6-10)21-8-15-19-20-21/h2-6,8H,7H2,1H3. The smallest absolute Gasteiger partial charge is 0.258 e.